The molecule has 0 unspecified atom stereocenters. The van der Waals surface area contributed by atoms with Crippen LogP contribution >= 0.6 is 23.2 Å². The maximum absolute atomic E-state index is 12.3. The molecule has 5 atom stereocenters. The number of nitrogens with one attached hydrogen (secondary N) is 1. The summed E-state index contributed by atoms with van der Waals surface area (Å²) in [4.78, 5) is 35.5. The minimum absolute atomic E-state index is 0.0954. The first-order chi connectivity index (χ1) is 26.1. The Labute approximate surface area is 325 Å². The molecule has 4 aromatic rings. The number of halogens is 2. The lowest BCUT2D eigenvalue weighted by Crippen LogP contribution is -2.58. The highest BCUT2D eigenvalue weighted by atomic mass is 35.5. The topological polar surface area (TPSA) is 123 Å². The number of carbonyl (C=O) groups excluding carboxylic acids is 1. The number of fused-ring (bicyclic) bond motifs is 2. The molecule has 2 aliphatic heterocycles. The Bertz CT molecular complexity index is 2130. The minimum Gasteiger partial charge on any atom is -0.481 e. The van der Waals surface area contributed by atoms with Gasteiger partial charge < -0.3 is 24.6 Å². The molecule has 0 amide bonds. The number of ether oxygens (including phenoxy) is 3. The number of methoxy groups -OCH3 is 2. The van der Waals surface area contributed by atoms with E-state index in [0.717, 1.165) is 71.3 Å². The standard InChI is InChI=1S/C42H44Cl2N4O6/c1-23-27-18-42(23,41(50)51)48(22-27)21-26-17-34(43)40(47-39(26)53-3)54-36-15-13-30-29(6-4-7-31(30)36)32-8-5-9-33(37(32)44)35-14-11-25(38(46-35)52-2)20-45-19-24-10-12-28(49)16-24/h4-9,11,14,17,23-24,27,36,45H,10,12-13,15-16,18-22H2,1-3H3,(H,50,51)/t23-,24+,27+,36-,42+/m0/s1. The molecule has 4 heterocycles. The summed E-state index contributed by atoms with van der Waals surface area (Å²) < 4.78 is 17.9. The predicted octanol–water partition coefficient (Wildman–Crippen LogP) is 7.95. The van der Waals surface area contributed by atoms with Crippen LogP contribution in [0.4, 0.5) is 0 Å². The number of hydrogen-bond donors (Lipinski definition) is 2. The fourth-order valence-electron chi connectivity index (χ4n) is 9.24. The molecule has 2 aromatic heterocycles. The molecule has 0 spiro atoms. The van der Waals surface area contributed by atoms with E-state index in [0.29, 0.717) is 77.5 Å². The van der Waals surface area contributed by atoms with Gasteiger partial charge in [0.25, 0.3) is 0 Å². The third kappa shape index (κ3) is 6.40. The molecule has 5 aliphatic rings. The third-order valence-corrected chi connectivity index (χ3v) is 12.9. The van der Waals surface area contributed by atoms with Gasteiger partial charge in [-0.15, -0.1) is 0 Å². The van der Waals surface area contributed by atoms with Crippen LogP contribution in [-0.4, -0.2) is 64.6 Å². The van der Waals surface area contributed by atoms with E-state index in [9.17, 15) is 14.7 Å². The monoisotopic (exact) mass is 770 g/mol. The largest absolute Gasteiger partial charge is 0.481 e. The van der Waals surface area contributed by atoms with E-state index in [2.05, 4.69) is 22.4 Å². The van der Waals surface area contributed by atoms with Gasteiger partial charge in [0.2, 0.25) is 17.6 Å². The summed E-state index contributed by atoms with van der Waals surface area (Å²) in [6, 6.07) is 17.9. The number of carboxylic acids is 1. The van der Waals surface area contributed by atoms with Crippen molar-refractivity contribution in [1.82, 2.24) is 20.2 Å². The summed E-state index contributed by atoms with van der Waals surface area (Å²) in [5.41, 5.74) is 6.46. The Morgan fingerprint density at radius 3 is 2.46 bits per heavy atom. The van der Waals surface area contributed by atoms with E-state index in [1.54, 1.807) is 20.3 Å². The van der Waals surface area contributed by atoms with Crippen LogP contribution in [0.2, 0.25) is 10.0 Å². The maximum Gasteiger partial charge on any atom is 0.324 e. The first-order valence-corrected chi connectivity index (χ1v) is 19.4. The van der Waals surface area contributed by atoms with Crippen LogP contribution in [0.15, 0.2) is 54.6 Å². The second kappa shape index (κ2) is 14.8. The molecule has 2 N–H and O–H groups in total. The number of aromatic nitrogens is 2. The first kappa shape index (κ1) is 36.7. The number of carboxylic acid groups (broad SMARTS) is 1. The Morgan fingerprint density at radius 1 is 0.963 bits per heavy atom. The summed E-state index contributed by atoms with van der Waals surface area (Å²) in [5, 5.41) is 14.5. The molecule has 54 heavy (non-hydrogen) atoms. The highest BCUT2D eigenvalue weighted by Crippen LogP contribution is 2.56. The number of Topliss-reactive ketones (excluding diaryl/α,β-unsaturated/α-hetero) is 1. The molecule has 0 radical (unpaired) electrons. The van der Waals surface area contributed by atoms with E-state index in [-0.39, 0.29) is 17.9 Å². The van der Waals surface area contributed by atoms with Crippen LogP contribution in [0.3, 0.4) is 0 Å². The van der Waals surface area contributed by atoms with Gasteiger partial charge in [0.05, 0.1) is 24.9 Å². The molecule has 3 aliphatic carbocycles. The molecule has 12 heteroatoms. The van der Waals surface area contributed by atoms with Crippen molar-refractivity contribution in [1.29, 1.82) is 0 Å². The number of hydrogen-bond acceptors (Lipinski definition) is 9. The van der Waals surface area contributed by atoms with Crippen molar-refractivity contribution in [3.63, 3.8) is 0 Å². The molecule has 2 saturated heterocycles. The summed E-state index contributed by atoms with van der Waals surface area (Å²) in [7, 11) is 3.17. The maximum atomic E-state index is 12.3. The van der Waals surface area contributed by atoms with Crippen molar-refractivity contribution >= 4 is 35.0 Å². The summed E-state index contributed by atoms with van der Waals surface area (Å²) in [6.07, 6.45) is 4.16. The van der Waals surface area contributed by atoms with Crippen LogP contribution in [0.25, 0.3) is 22.4 Å². The van der Waals surface area contributed by atoms with Gasteiger partial charge in [-0.2, -0.15) is 4.98 Å². The molecule has 282 valence electrons. The minimum atomic E-state index is -0.851. The van der Waals surface area contributed by atoms with Crippen molar-refractivity contribution in [3.05, 3.63) is 86.9 Å². The van der Waals surface area contributed by atoms with Crippen molar-refractivity contribution in [2.24, 2.45) is 17.8 Å². The second-order valence-electron chi connectivity index (χ2n) is 15.1. The predicted molar refractivity (Wildman–Crippen MR) is 206 cm³/mol. The first-order valence-electron chi connectivity index (χ1n) is 18.7. The third-order valence-electron chi connectivity index (χ3n) is 12.2. The molecule has 2 aromatic carbocycles. The number of pyridine rings is 2. The van der Waals surface area contributed by atoms with Crippen molar-refractivity contribution < 1.29 is 28.9 Å². The van der Waals surface area contributed by atoms with Crippen molar-refractivity contribution in [2.75, 3.05) is 27.3 Å². The molecule has 2 saturated carbocycles. The van der Waals surface area contributed by atoms with E-state index in [4.69, 9.17) is 42.4 Å². The number of aliphatic carboxylic acids is 1. The van der Waals surface area contributed by atoms with Gasteiger partial charge in [0.1, 0.15) is 22.4 Å². The van der Waals surface area contributed by atoms with Gasteiger partial charge in [0.15, 0.2) is 0 Å². The van der Waals surface area contributed by atoms with Gasteiger partial charge in [-0.05, 0) is 78.8 Å². The normalized spacial score (nSPS) is 24.4. The Hall–Kier alpha value is -4.22. The fraction of sp³-hybridized carbons (Fsp3) is 0.429. The number of ketones is 1. The smallest absolute Gasteiger partial charge is 0.324 e. The number of rotatable bonds is 13. The SMILES string of the molecule is COc1nc(-c2cccc(-c3cccc4c3CC[C@@H]4Oc3nc(OC)c(CN4C[C@H]5C[C@]4(C(=O)O)[C@H]5C)cc3Cl)c2Cl)ccc1CNC[C@@H]1CCC(=O)C1. The molecule has 4 fully saturated rings. The Kier molecular flexibility index (Phi) is 10.1. The van der Waals surface area contributed by atoms with Crippen LogP contribution in [0, 0.1) is 17.8 Å². The van der Waals surface area contributed by atoms with Crippen LogP contribution in [-0.2, 0) is 29.1 Å². The zero-order chi connectivity index (χ0) is 37.7. The van der Waals surface area contributed by atoms with E-state index >= 15 is 0 Å². The van der Waals surface area contributed by atoms with Crippen LogP contribution in [0.5, 0.6) is 17.6 Å². The lowest BCUT2D eigenvalue weighted by atomic mass is 9.64. The quantitative estimate of drug-likeness (QED) is 0.139. The molecule has 10 nitrogen and oxygen atoms in total. The Balaban J connectivity index is 1.00. The van der Waals surface area contributed by atoms with Gasteiger partial charge in [-0.3, -0.25) is 14.5 Å². The second-order valence-corrected chi connectivity index (χ2v) is 15.9. The highest BCUT2D eigenvalue weighted by molar-refractivity contribution is 6.36. The van der Waals surface area contributed by atoms with E-state index in [1.807, 2.05) is 48.2 Å². The molecule has 2 bridgehead atoms. The number of nitrogens with zero attached hydrogens (tertiary/aromatic N) is 3. The molecule has 9 rings (SSSR count). The van der Waals surface area contributed by atoms with Crippen LogP contribution in [0.1, 0.15) is 67.4 Å². The van der Waals surface area contributed by atoms with Gasteiger partial charge >= 0.3 is 5.97 Å². The summed E-state index contributed by atoms with van der Waals surface area (Å²) in [5.74, 6) is 1.62. The van der Waals surface area contributed by atoms with Gasteiger partial charge in [0, 0.05) is 54.7 Å². The summed E-state index contributed by atoms with van der Waals surface area (Å²) >= 11 is 14.0. The Morgan fingerprint density at radius 2 is 1.72 bits per heavy atom. The van der Waals surface area contributed by atoms with Gasteiger partial charge in [-0.25, -0.2) is 4.98 Å². The molecular formula is C42H44Cl2N4O6. The molecular weight excluding hydrogens is 727 g/mol. The van der Waals surface area contributed by atoms with Crippen molar-refractivity contribution in [2.45, 2.75) is 70.2 Å². The summed E-state index contributed by atoms with van der Waals surface area (Å²) in [6.45, 7) is 4.51. The average Bonchev–Trinajstić information content (AvgIpc) is 3.95. The zero-order valence-corrected chi connectivity index (χ0v) is 32.2. The number of carbonyl (C=O) groups is 2. The van der Waals surface area contributed by atoms with E-state index in [1.165, 1.54) is 0 Å². The van der Waals surface area contributed by atoms with Crippen molar-refractivity contribution in [3.8, 4) is 40.0 Å². The van der Waals surface area contributed by atoms with E-state index < -0.39 is 11.5 Å². The highest BCUT2D eigenvalue weighted by Gasteiger charge is 2.66. The average molecular weight is 772 g/mol. The fourth-order valence-corrected chi connectivity index (χ4v) is 9.79. The lowest BCUT2D eigenvalue weighted by Gasteiger charge is -2.44. The lowest BCUT2D eigenvalue weighted by molar-refractivity contribution is -0.157. The zero-order valence-electron chi connectivity index (χ0n) is 30.7. The number of benzene rings is 2. The van der Waals surface area contributed by atoms with Gasteiger partial charge in [-0.1, -0.05) is 72.6 Å². The van der Waals surface area contributed by atoms with Crippen LogP contribution < -0.4 is 19.5 Å².